The van der Waals surface area contributed by atoms with Crippen molar-refractivity contribution in [3.8, 4) is 0 Å². The molecule has 0 saturated carbocycles. The number of aromatic nitrogens is 2. The third kappa shape index (κ3) is 2.97. The molecular weight excluding hydrogens is 245 g/mol. The van der Waals surface area contributed by atoms with Gasteiger partial charge in [-0.05, 0) is 18.6 Å². The van der Waals surface area contributed by atoms with Gasteiger partial charge in [0.25, 0.3) is 0 Å². The first-order valence-corrected chi connectivity index (χ1v) is 6.00. The molecule has 100 valence electrons. The topological polar surface area (TPSA) is 75.9 Å². The van der Waals surface area contributed by atoms with Crippen molar-refractivity contribution < 1.29 is 4.39 Å². The normalized spacial score (nSPS) is 10.3. The molecule has 4 N–H and O–H groups in total. The van der Waals surface area contributed by atoms with Crippen molar-refractivity contribution in [3.05, 3.63) is 41.5 Å². The number of aryl methyl sites for hydroxylation is 2. The Morgan fingerprint density at radius 3 is 2.63 bits per heavy atom. The van der Waals surface area contributed by atoms with Crippen LogP contribution < -0.4 is 16.6 Å². The molecule has 5 nitrogen and oxygen atoms in total. The molecule has 0 fully saturated rings. The molecule has 6 heteroatoms. The average molecular weight is 261 g/mol. The summed E-state index contributed by atoms with van der Waals surface area (Å²) in [6, 6.07) is 6.53. The summed E-state index contributed by atoms with van der Waals surface area (Å²) < 4.78 is 13.8. The number of para-hydroxylation sites is 1. The molecule has 0 atom stereocenters. The van der Waals surface area contributed by atoms with E-state index in [0.717, 1.165) is 5.56 Å². The number of halogens is 1. The molecule has 1 aromatic heterocycles. The minimum absolute atomic E-state index is 0.320. The van der Waals surface area contributed by atoms with E-state index < -0.39 is 0 Å². The van der Waals surface area contributed by atoms with Crippen LogP contribution in [0.4, 0.5) is 21.7 Å². The predicted octanol–water partition coefficient (Wildman–Crippen LogP) is 2.52. The van der Waals surface area contributed by atoms with Crippen molar-refractivity contribution in [1.29, 1.82) is 0 Å². The minimum atomic E-state index is -0.320. The molecule has 0 radical (unpaired) electrons. The Morgan fingerprint density at radius 2 is 2.00 bits per heavy atom. The maximum absolute atomic E-state index is 13.8. The van der Waals surface area contributed by atoms with Gasteiger partial charge in [-0.2, -0.15) is 0 Å². The highest BCUT2D eigenvalue weighted by atomic mass is 19.1. The lowest BCUT2D eigenvalue weighted by Gasteiger charge is -2.11. The fourth-order valence-electron chi connectivity index (χ4n) is 1.71. The van der Waals surface area contributed by atoms with E-state index in [0.29, 0.717) is 29.6 Å². The summed E-state index contributed by atoms with van der Waals surface area (Å²) in [6.07, 6.45) is 0.667. The number of anilines is 3. The molecule has 0 saturated heterocycles. The molecule has 0 aliphatic carbocycles. The number of nitrogen functional groups attached to an aromatic ring is 1. The van der Waals surface area contributed by atoms with Gasteiger partial charge in [0, 0.05) is 12.5 Å². The van der Waals surface area contributed by atoms with E-state index in [-0.39, 0.29) is 5.82 Å². The first-order chi connectivity index (χ1) is 9.13. The summed E-state index contributed by atoms with van der Waals surface area (Å²) in [4.78, 5) is 8.47. The maximum atomic E-state index is 13.8. The predicted molar refractivity (Wildman–Crippen MR) is 73.6 cm³/mol. The quantitative estimate of drug-likeness (QED) is 0.582. The largest absolute Gasteiger partial charge is 0.337 e. The number of nitrogens with zero attached hydrogens (tertiary/aromatic N) is 2. The number of benzene rings is 1. The highest BCUT2D eigenvalue weighted by Gasteiger charge is 2.08. The van der Waals surface area contributed by atoms with E-state index in [9.17, 15) is 4.39 Å². The van der Waals surface area contributed by atoms with Crippen LogP contribution in [0, 0.1) is 12.7 Å². The lowest BCUT2D eigenvalue weighted by molar-refractivity contribution is 0.630. The minimum Gasteiger partial charge on any atom is -0.337 e. The zero-order chi connectivity index (χ0) is 13.8. The summed E-state index contributed by atoms with van der Waals surface area (Å²) in [6.45, 7) is 3.77. The highest BCUT2D eigenvalue weighted by Crippen LogP contribution is 2.23. The van der Waals surface area contributed by atoms with Crippen LogP contribution in [-0.4, -0.2) is 9.97 Å². The van der Waals surface area contributed by atoms with Crippen molar-refractivity contribution in [2.75, 3.05) is 10.7 Å². The maximum Gasteiger partial charge on any atom is 0.146 e. The fourth-order valence-corrected chi connectivity index (χ4v) is 1.71. The summed E-state index contributed by atoms with van der Waals surface area (Å²) in [5.74, 6) is 6.66. The molecule has 0 aliphatic heterocycles. The van der Waals surface area contributed by atoms with Gasteiger partial charge >= 0.3 is 0 Å². The molecule has 19 heavy (non-hydrogen) atoms. The second kappa shape index (κ2) is 5.62. The van der Waals surface area contributed by atoms with E-state index in [1.54, 1.807) is 12.1 Å². The van der Waals surface area contributed by atoms with Crippen molar-refractivity contribution in [3.63, 3.8) is 0 Å². The van der Waals surface area contributed by atoms with Crippen LogP contribution in [0.1, 0.15) is 18.3 Å². The second-order valence-electron chi connectivity index (χ2n) is 4.11. The smallest absolute Gasteiger partial charge is 0.146 e. The Hall–Kier alpha value is -2.21. The third-order valence-corrected chi connectivity index (χ3v) is 2.71. The lowest BCUT2D eigenvalue weighted by Crippen LogP contribution is -2.11. The first-order valence-electron chi connectivity index (χ1n) is 6.00. The number of nitrogens with two attached hydrogens (primary N) is 1. The van der Waals surface area contributed by atoms with Gasteiger partial charge in [0.1, 0.15) is 23.3 Å². The highest BCUT2D eigenvalue weighted by molar-refractivity contribution is 5.62. The van der Waals surface area contributed by atoms with E-state index in [4.69, 9.17) is 5.84 Å². The van der Waals surface area contributed by atoms with Crippen LogP contribution in [0.3, 0.4) is 0 Å². The van der Waals surface area contributed by atoms with Crippen LogP contribution in [0.5, 0.6) is 0 Å². The molecule has 0 spiro atoms. The van der Waals surface area contributed by atoms with Crippen molar-refractivity contribution >= 4 is 17.3 Å². The van der Waals surface area contributed by atoms with Gasteiger partial charge in [-0.3, -0.25) is 0 Å². The molecule has 1 aromatic carbocycles. The Morgan fingerprint density at radius 1 is 1.26 bits per heavy atom. The lowest BCUT2D eigenvalue weighted by atomic mass is 10.2. The van der Waals surface area contributed by atoms with Gasteiger partial charge in [-0.1, -0.05) is 19.1 Å². The van der Waals surface area contributed by atoms with E-state index in [1.165, 1.54) is 6.07 Å². The first kappa shape index (κ1) is 13.2. The van der Waals surface area contributed by atoms with Gasteiger partial charge in [0.15, 0.2) is 0 Å². The van der Waals surface area contributed by atoms with Crippen LogP contribution in [0.15, 0.2) is 24.3 Å². The molecule has 0 bridgehead atoms. The van der Waals surface area contributed by atoms with E-state index >= 15 is 0 Å². The average Bonchev–Trinajstić information content (AvgIpc) is 2.42. The summed E-state index contributed by atoms with van der Waals surface area (Å²) >= 11 is 0. The van der Waals surface area contributed by atoms with Crippen molar-refractivity contribution in [1.82, 2.24) is 9.97 Å². The molecule has 0 amide bonds. The summed E-state index contributed by atoms with van der Waals surface area (Å²) in [7, 11) is 0. The van der Waals surface area contributed by atoms with Crippen LogP contribution in [0.2, 0.25) is 0 Å². The van der Waals surface area contributed by atoms with Gasteiger partial charge < -0.3 is 10.7 Å². The van der Waals surface area contributed by atoms with Crippen molar-refractivity contribution in [2.45, 2.75) is 20.3 Å². The molecule has 2 aromatic rings. The number of nitrogens with one attached hydrogen (secondary N) is 2. The zero-order valence-electron chi connectivity index (χ0n) is 10.9. The van der Waals surface area contributed by atoms with Crippen LogP contribution in [-0.2, 0) is 6.42 Å². The monoisotopic (exact) mass is 261 g/mol. The molecule has 0 aliphatic rings. The van der Waals surface area contributed by atoms with Crippen molar-refractivity contribution in [2.24, 2.45) is 5.84 Å². The zero-order valence-corrected chi connectivity index (χ0v) is 10.9. The number of hydrazine groups is 1. The Kier molecular flexibility index (Phi) is 3.91. The Labute approximate surface area is 111 Å². The molecule has 2 rings (SSSR count). The number of hydrogen-bond acceptors (Lipinski definition) is 5. The standard InChI is InChI=1S/C13H16FN5/c1-3-10-16-11(7-12(17-10)19-15)18-13-8(2)5-4-6-9(13)14/h4-7H,3,15H2,1-2H3,(H2,16,17,18,19). The second-order valence-corrected chi connectivity index (χ2v) is 4.11. The summed E-state index contributed by atoms with van der Waals surface area (Å²) in [5, 5.41) is 2.97. The molecular formula is C13H16FN5. The van der Waals surface area contributed by atoms with E-state index in [1.807, 2.05) is 19.9 Å². The Balaban J connectivity index is 2.37. The van der Waals surface area contributed by atoms with Gasteiger partial charge in [0.2, 0.25) is 0 Å². The number of rotatable bonds is 4. The molecule has 0 unspecified atom stereocenters. The molecule has 1 heterocycles. The fraction of sp³-hybridized carbons (Fsp3) is 0.231. The summed E-state index contributed by atoms with van der Waals surface area (Å²) in [5.41, 5.74) is 3.69. The Bertz CT molecular complexity index is 543. The van der Waals surface area contributed by atoms with Gasteiger partial charge in [-0.15, -0.1) is 0 Å². The van der Waals surface area contributed by atoms with Crippen LogP contribution in [0.25, 0.3) is 0 Å². The van der Waals surface area contributed by atoms with Gasteiger partial charge in [0.05, 0.1) is 5.69 Å². The van der Waals surface area contributed by atoms with Gasteiger partial charge in [-0.25, -0.2) is 20.2 Å². The van der Waals surface area contributed by atoms with E-state index in [2.05, 4.69) is 20.7 Å². The SMILES string of the molecule is CCc1nc(NN)cc(Nc2c(C)cccc2F)n1. The third-order valence-electron chi connectivity index (χ3n) is 2.71. The van der Waals surface area contributed by atoms with Crippen LogP contribution >= 0.6 is 0 Å². The number of hydrogen-bond donors (Lipinski definition) is 3.